The van der Waals surface area contributed by atoms with E-state index >= 15 is 4.39 Å². The standard InChI is InChI=1S/C31H41FNO3/c1-20-12-15-31(32)22(17-20)7-9-24-25-10-11-27(30(25,2)14-13-26(24)31)29(34)19-36-23-8-6-21-5-4-16-33(35-3)28(21)18-23/h4-6,8,16,18,20,22,24-27H,7,9-15,17,19H2,1-3H3/q+1. The molecule has 4 fully saturated rings. The Morgan fingerprint density at radius 2 is 1.94 bits per heavy atom. The topological polar surface area (TPSA) is 39.4 Å². The van der Waals surface area contributed by atoms with Crippen molar-refractivity contribution in [2.75, 3.05) is 13.7 Å². The second-order valence-corrected chi connectivity index (χ2v) is 12.6. The van der Waals surface area contributed by atoms with Gasteiger partial charge in [-0.25, -0.2) is 4.39 Å². The SMILES string of the molecule is CO[n+]1cccc2ccc(OCC(=O)C3CCC4C5CCC6CC(C)CCC6(F)C5CCC34C)cc21. The van der Waals surface area contributed by atoms with Crippen molar-refractivity contribution in [3.05, 3.63) is 36.5 Å². The van der Waals surface area contributed by atoms with Crippen molar-refractivity contribution >= 4 is 16.7 Å². The van der Waals surface area contributed by atoms with Gasteiger partial charge < -0.3 is 4.74 Å². The van der Waals surface area contributed by atoms with Crippen LogP contribution in [0.3, 0.4) is 0 Å². The van der Waals surface area contributed by atoms with Gasteiger partial charge in [0.2, 0.25) is 6.20 Å². The van der Waals surface area contributed by atoms with Crippen molar-refractivity contribution in [3.8, 4) is 5.75 Å². The van der Waals surface area contributed by atoms with Gasteiger partial charge in [-0.05, 0) is 111 Å². The molecule has 8 unspecified atom stereocenters. The number of nitrogens with zero attached hydrogens (tertiary/aromatic N) is 1. The largest absolute Gasteiger partial charge is 0.486 e. The molecule has 8 atom stereocenters. The van der Waals surface area contributed by atoms with Crippen LogP contribution in [0.2, 0.25) is 0 Å². The quantitative estimate of drug-likeness (QED) is 0.470. The van der Waals surface area contributed by atoms with E-state index in [1.54, 1.807) is 11.8 Å². The molecule has 4 aliphatic carbocycles. The summed E-state index contributed by atoms with van der Waals surface area (Å²) in [5, 5.41) is 1.05. The Balaban J connectivity index is 1.15. The molecule has 194 valence electrons. The molecular formula is C31H41FNO3+. The van der Waals surface area contributed by atoms with E-state index in [0.717, 1.165) is 68.7 Å². The third kappa shape index (κ3) is 3.75. The molecule has 4 nitrogen and oxygen atoms in total. The van der Waals surface area contributed by atoms with Crippen molar-refractivity contribution in [2.45, 2.75) is 77.3 Å². The number of fused-ring (bicyclic) bond motifs is 6. The molecule has 0 saturated heterocycles. The number of benzene rings is 1. The first-order chi connectivity index (χ1) is 17.3. The van der Waals surface area contributed by atoms with Crippen molar-refractivity contribution in [1.29, 1.82) is 0 Å². The normalized spacial score (nSPS) is 39.7. The molecule has 4 saturated carbocycles. The Morgan fingerprint density at radius 3 is 2.78 bits per heavy atom. The lowest BCUT2D eigenvalue weighted by Crippen LogP contribution is -2.56. The molecule has 2 aromatic rings. The lowest BCUT2D eigenvalue weighted by molar-refractivity contribution is -0.865. The summed E-state index contributed by atoms with van der Waals surface area (Å²) in [5.41, 5.74) is -0.0733. The number of ether oxygens (including phenoxy) is 1. The van der Waals surface area contributed by atoms with E-state index in [9.17, 15) is 4.79 Å². The zero-order valence-corrected chi connectivity index (χ0v) is 22.0. The Bertz CT molecular complexity index is 1150. The molecule has 1 aromatic carbocycles. The minimum absolute atomic E-state index is 0.0186. The van der Waals surface area contributed by atoms with E-state index in [4.69, 9.17) is 9.57 Å². The second-order valence-electron chi connectivity index (χ2n) is 12.6. The number of carbonyl (C=O) groups excluding carboxylic acids is 1. The van der Waals surface area contributed by atoms with Crippen LogP contribution in [0, 0.1) is 40.9 Å². The number of hydrogen-bond donors (Lipinski definition) is 0. The highest BCUT2D eigenvalue weighted by Gasteiger charge is 2.62. The highest BCUT2D eigenvalue weighted by Crippen LogP contribution is 2.66. The number of hydrogen-bond acceptors (Lipinski definition) is 3. The molecule has 0 amide bonds. The first-order valence-electron chi connectivity index (χ1n) is 14.2. The lowest BCUT2D eigenvalue weighted by Gasteiger charge is -2.58. The maximum Gasteiger partial charge on any atom is 0.268 e. The molecule has 1 aromatic heterocycles. The lowest BCUT2D eigenvalue weighted by atomic mass is 9.48. The van der Waals surface area contributed by atoms with Gasteiger partial charge in [-0.3, -0.25) is 9.63 Å². The van der Waals surface area contributed by atoms with Crippen LogP contribution in [0.4, 0.5) is 4.39 Å². The molecule has 4 aliphatic rings. The summed E-state index contributed by atoms with van der Waals surface area (Å²) in [6, 6.07) is 9.81. The van der Waals surface area contributed by atoms with E-state index in [-0.39, 0.29) is 35.6 Å². The van der Waals surface area contributed by atoms with Crippen LogP contribution < -0.4 is 14.3 Å². The number of ketones is 1. The number of aromatic nitrogens is 1. The van der Waals surface area contributed by atoms with Crippen LogP contribution in [-0.4, -0.2) is 25.2 Å². The number of carbonyl (C=O) groups is 1. The molecular weight excluding hydrogens is 453 g/mol. The van der Waals surface area contributed by atoms with Gasteiger partial charge in [0.1, 0.15) is 25.1 Å². The van der Waals surface area contributed by atoms with Gasteiger partial charge in [0.25, 0.3) is 5.52 Å². The molecule has 36 heavy (non-hydrogen) atoms. The third-order valence-corrected chi connectivity index (χ3v) is 11.0. The highest BCUT2D eigenvalue weighted by atomic mass is 19.1. The van der Waals surface area contributed by atoms with Crippen LogP contribution in [0.25, 0.3) is 10.9 Å². The van der Waals surface area contributed by atoms with Gasteiger partial charge in [-0.2, -0.15) is 0 Å². The summed E-state index contributed by atoms with van der Waals surface area (Å²) in [6.07, 6.45) is 10.8. The van der Waals surface area contributed by atoms with E-state index < -0.39 is 5.67 Å². The van der Waals surface area contributed by atoms with Crippen molar-refractivity contribution in [3.63, 3.8) is 0 Å². The van der Waals surface area contributed by atoms with E-state index in [0.29, 0.717) is 23.5 Å². The number of halogens is 1. The fourth-order valence-electron chi connectivity index (χ4n) is 9.19. The van der Waals surface area contributed by atoms with Crippen molar-refractivity contribution in [2.24, 2.45) is 40.9 Å². The molecule has 0 aliphatic heterocycles. The molecule has 0 spiro atoms. The summed E-state index contributed by atoms with van der Waals surface area (Å²) in [5.74, 6) is 2.96. The predicted octanol–water partition coefficient (Wildman–Crippen LogP) is 6.13. The summed E-state index contributed by atoms with van der Waals surface area (Å²) in [4.78, 5) is 18.9. The maximum atomic E-state index is 16.5. The van der Waals surface area contributed by atoms with E-state index in [1.165, 1.54) is 0 Å². The van der Waals surface area contributed by atoms with Crippen molar-refractivity contribution in [1.82, 2.24) is 0 Å². The first kappa shape index (κ1) is 24.2. The van der Waals surface area contributed by atoms with Gasteiger partial charge in [-0.15, -0.1) is 0 Å². The van der Waals surface area contributed by atoms with E-state index in [2.05, 4.69) is 13.8 Å². The smallest absolute Gasteiger partial charge is 0.268 e. The Morgan fingerprint density at radius 1 is 1.08 bits per heavy atom. The van der Waals surface area contributed by atoms with Crippen LogP contribution in [-0.2, 0) is 4.79 Å². The minimum Gasteiger partial charge on any atom is -0.486 e. The van der Waals surface area contributed by atoms with Crippen molar-refractivity contribution < 1.29 is 23.5 Å². The van der Waals surface area contributed by atoms with Crippen LogP contribution in [0.1, 0.15) is 71.6 Å². The van der Waals surface area contributed by atoms with Gasteiger partial charge in [0.05, 0.1) is 11.5 Å². The molecule has 0 N–H and O–H groups in total. The second kappa shape index (κ2) is 8.99. The zero-order chi connectivity index (χ0) is 25.1. The zero-order valence-electron chi connectivity index (χ0n) is 22.0. The predicted molar refractivity (Wildman–Crippen MR) is 137 cm³/mol. The Hall–Kier alpha value is -2.17. The molecule has 6 rings (SSSR count). The molecule has 1 heterocycles. The monoisotopic (exact) mass is 494 g/mol. The van der Waals surface area contributed by atoms with Gasteiger partial charge in [0, 0.05) is 16.7 Å². The fourth-order valence-corrected chi connectivity index (χ4v) is 9.19. The average molecular weight is 495 g/mol. The minimum atomic E-state index is -0.961. The first-order valence-corrected chi connectivity index (χ1v) is 14.2. The summed E-state index contributed by atoms with van der Waals surface area (Å²) in [6.45, 7) is 4.73. The Labute approximate surface area is 214 Å². The van der Waals surface area contributed by atoms with Gasteiger partial charge >= 0.3 is 0 Å². The van der Waals surface area contributed by atoms with E-state index in [1.807, 2.05) is 36.5 Å². The van der Waals surface area contributed by atoms with Gasteiger partial charge in [0.15, 0.2) is 5.78 Å². The average Bonchev–Trinajstić information content (AvgIpc) is 3.24. The number of Topliss-reactive ketones (excluding diaryl/α,β-unsaturated/α-hetero) is 1. The number of rotatable bonds is 5. The summed E-state index contributed by atoms with van der Waals surface area (Å²) < 4.78 is 24.3. The summed E-state index contributed by atoms with van der Waals surface area (Å²) in [7, 11) is 1.63. The van der Waals surface area contributed by atoms with Crippen LogP contribution in [0.15, 0.2) is 36.5 Å². The summed E-state index contributed by atoms with van der Waals surface area (Å²) >= 11 is 0. The van der Waals surface area contributed by atoms with Crippen LogP contribution in [0.5, 0.6) is 5.75 Å². The number of alkyl halides is 1. The Kier molecular flexibility index (Phi) is 6.04. The molecule has 0 bridgehead atoms. The maximum absolute atomic E-state index is 16.5. The fraction of sp³-hybridized carbons (Fsp3) is 0.677. The van der Waals surface area contributed by atoms with Crippen LogP contribution >= 0.6 is 0 Å². The van der Waals surface area contributed by atoms with Gasteiger partial charge in [-0.1, -0.05) is 13.8 Å². The third-order valence-electron chi connectivity index (χ3n) is 11.0. The molecule has 5 heteroatoms. The number of pyridine rings is 1. The molecule has 0 radical (unpaired) electrons. The highest BCUT2D eigenvalue weighted by molar-refractivity contribution is 5.84.